The Labute approximate surface area is 239 Å². The van der Waals surface area contributed by atoms with Crippen molar-refractivity contribution in [3.05, 3.63) is 121 Å². The molecule has 0 aliphatic heterocycles. The van der Waals surface area contributed by atoms with Gasteiger partial charge in [-0.15, -0.1) is 0 Å². The van der Waals surface area contributed by atoms with Gasteiger partial charge in [0.25, 0.3) is 11.9 Å². The fourth-order valence-corrected chi connectivity index (χ4v) is 10.5. The van der Waals surface area contributed by atoms with Crippen LogP contribution in [0.5, 0.6) is 0 Å². The third kappa shape index (κ3) is 7.64. The van der Waals surface area contributed by atoms with E-state index < -0.39 is 29.1 Å². The van der Waals surface area contributed by atoms with Crippen molar-refractivity contribution in [2.45, 2.75) is 27.7 Å². The lowest BCUT2D eigenvalue weighted by Gasteiger charge is -2.30. The van der Waals surface area contributed by atoms with Gasteiger partial charge in [0.15, 0.2) is 0 Å². The molecule has 0 heterocycles. The first-order chi connectivity index (χ1) is 19.4. The summed E-state index contributed by atoms with van der Waals surface area (Å²) in [6.07, 6.45) is 0. The lowest BCUT2D eigenvalue weighted by Crippen LogP contribution is -2.64. The smallest absolute Gasteiger partial charge is 0.479 e. The number of carbonyl (C=O) groups is 2. The van der Waals surface area contributed by atoms with Crippen molar-refractivity contribution in [3.8, 4) is 0 Å². The number of hydrogen-bond acceptors (Lipinski definition) is 6. The van der Waals surface area contributed by atoms with Crippen molar-refractivity contribution in [3.63, 3.8) is 0 Å². The van der Waals surface area contributed by atoms with E-state index in [1.807, 2.05) is 111 Å². The molecule has 0 aliphatic carbocycles. The number of carbonyl (C=O) groups excluding carboxylic acids is 2. The quantitative estimate of drug-likeness (QED) is 0.270. The van der Waals surface area contributed by atoms with Gasteiger partial charge in [0.05, 0.1) is 0 Å². The van der Waals surface area contributed by atoms with Crippen LogP contribution in [0.2, 0.25) is 0 Å². The molecule has 0 amide bonds. The Morgan fingerprint density at radius 1 is 0.475 bits per heavy atom. The highest BCUT2D eigenvalue weighted by atomic mass is 28.4. The summed E-state index contributed by atoms with van der Waals surface area (Å²) in [5, 5.41) is 3.73. The summed E-state index contributed by atoms with van der Waals surface area (Å²) in [7, 11) is -5.92. The van der Waals surface area contributed by atoms with Gasteiger partial charge in [-0.2, -0.15) is 0 Å². The third-order valence-electron chi connectivity index (χ3n) is 5.89. The zero-order valence-corrected chi connectivity index (χ0v) is 25.4. The maximum atomic E-state index is 11.6. The van der Waals surface area contributed by atoms with E-state index in [2.05, 4.69) is 24.3 Å². The van der Waals surface area contributed by atoms with E-state index in [0.717, 1.165) is 10.4 Å². The highest BCUT2D eigenvalue weighted by Gasteiger charge is 2.49. The Morgan fingerprint density at radius 3 is 0.950 bits per heavy atom. The van der Waals surface area contributed by atoms with Crippen molar-refractivity contribution in [1.82, 2.24) is 0 Å². The average Bonchev–Trinajstić information content (AvgIpc) is 2.98. The molecule has 0 unspecified atom stereocenters. The van der Waals surface area contributed by atoms with Gasteiger partial charge in [-0.05, 0) is 24.2 Å². The first kappa shape index (κ1) is 30.7. The summed E-state index contributed by atoms with van der Waals surface area (Å²) in [5.74, 6) is -0.953. The third-order valence-corrected chi connectivity index (χ3v) is 12.8. The molecule has 4 aromatic rings. The zero-order chi connectivity index (χ0) is 28.8. The van der Waals surface area contributed by atoms with Crippen molar-refractivity contribution in [2.75, 3.05) is 13.2 Å². The van der Waals surface area contributed by atoms with Crippen LogP contribution in [0.1, 0.15) is 27.7 Å². The van der Waals surface area contributed by atoms with E-state index >= 15 is 0 Å². The number of hydrogen-bond donors (Lipinski definition) is 0. The first-order valence-corrected chi connectivity index (χ1v) is 16.9. The van der Waals surface area contributed by atoms with Crippen LogP contribution in [0.25, 0.3) is 0 Å². The Kier molecular flexibility index (Phi) is 11.6. The predicted molar refractivity (Wildman–Crippen MR) is 163 cm³/mol. The maximum absolute atomic E-state index is 11.6. The van der Waals surface area contributed by atoms with Crippen LogP contribution in [-0.4, -0.2) is 42.3 Å². The van der Waals surface area contributed by atoms with Crippen LogP contribution >= 0.6 is 0 Å². The molecule has 8 heteroatoms. The van der Waals surface area contributed by atoms with E-state index in [9.17, 15) is 9.59 Å². The van der Waals surface area contributed by atoms with Gasteiger partial charge in [0, 0.05) is 37.4 Å². The molecule has 0 atom stereocenters. The fraction of sp³-hybridized carbons (Fsp3) is 0.188. The molecule has 0 spiro atoms. The van der Waals surface area contributed by atoms with E-state index in [1.54, 1.807) is 0 Å². The second-order valence-electron chi connectivity index (χ2n) is 8.75. The highest BCUT2D eigenvalue weighted by molar-refractivity contribution is 6.94. The Morgan fingerprint density at radius 2 is 0.725 bits per heavy atom. The Hall–Kier alpha value is -3.83. The lowest BCUT2D eigenvalue weighted by atomic mass is 10.4. The standard InChI is InChI=1S/C16H16O4Si.C16H20O2Si/c1-13(17)19-21(20-14(2)18,15-9-5-3-6-10-15)16-11-7-4-8-12-16;1-3-17-19(18-4-2,15-11-7-5-8-12-15)16-13-9-6-10-14-16/h3-12H,1-2H3;5-14H,3-4H2,1-2H3. The molecule has 40 heavy (non-hydrogen) atoms. The Balaban J connectivity index is 0.000000222. The van der Waals surface area contributed by atoms with Crippen LogP contribution < -0.4 is 20.7 Å². The minimum absolute atomic E-state index is 0.476. The molecule has 208 valence electrons. The van der Waals surface area contributed by atoms with Gasteiger partial charge in [0.1, 0.15) is 0 Å². The van der Waals surface area contributed by atoms with Gasteiger partial charge >= 0.3 is 17.1 Å². The van der Waals surface area contributed by atoms with Crippen LogP contribution in [0.4, 0.5) is 0 Å². The molecule has 0 aromatic heterocycles. The van der Waals surface area contributed by atoms with Crippen LogP contribution in [-0.2, 0) is 27.3 Å². The van der Waals surface area contributed by atoms with E-state index in [4.69, 9.17) is 17.7 Å². The fourth-order valence-electron chi connectivity index (χ4n) is 4.41. The van der Waals surface area contributed by atoms with E-state index in [-0.39, 0.29) is 0 Å². The number of benzene rings is 4. The summed E-state index contributed by atoms with van der Waals surface area (Å²) in [4.78, 5) is 23.2. The largest absolute Gasteiger partial charge is 0.534 e. The second kappa shape index (κ2) is 15.1. The molecule has 0 N–H and O–H groups in total. The number of rotatable bonds is 10. The topological polar surface area (TPSA) is 71.1 Å². The predicted octanol–water partition coefficient (Wildman–Crippen LogP) is 3.69. The molecule has 0 bridgehead atoms. The summed E-state index contributed by atoms with van der Waals surface area (Å²) in [5.41, 5.74) is 0. The molecule has 4 rings (SSSR count). The average molecular weight is 573 g/mol. The zero-order valence-electron chi connectivity index (χ0n) is 23.4. The maximum Gasteiger partial charge on any atom is 0.534 e. The second-order valence-corrected chi connectivity index (χ2v) is 14.5. The molecule has 0 aliphatic rings. The molecule has 0 saturated carbocycles. The minimum atomic E-state index is -3.37. The molecule has 4 aromatic carbocycles. The molecule has 0 radical (unpaired) electrons. The molecule has 0 fully saturated rings. The Bertz CT molecular complexity index is 1210. The van der Waals surface area contributed by atoms with Crippen molar-refractivity contribution in [2.24, 2.45) is 0 Å². The van der Waals surface area contributed by atoms with Gasteiger partial charge in [-0.3, -0.25) is 9.59 Å². The molecular formula is C32H36O6Si2. The van der Waals surface area contributed by atoms with Crippen molar-refractivity contribution >= 4 is 49.8 Å². The first-order valence-electron chi connectivity index (χ1n) is 13.3. The van der Waals surface area contributed by atoms with Gasteiger partial charge in [0.2, 0.25) is 0 Å². The highest BCUT2D eigenvalue weighted by Crippen LogP contribution is 2.12. The van der Waals surface area contributed by atoms with Crippen LogP contribution in [0.15, 0.2) is 121 Å². The van der Waals surface area contributed by atoms with Crippen LogP contribution in [0, 0.1) is 0 Å². The molecule has 0 saturated heterocycles. The minimum Gasteiger partial charge on any atom is -0.479 e. The van der Waals surface area contributed by atoms with Crippen molar-refractivity contribution in [1.29, 1.82) is 0 Å². The van der Waals surface area contributed by atoms with Crippen LogP contribution in [0.3, 0.4) is 0 Å². The summed E-state index contributed by atoms with van der Waals surface area (Å²) >= 11 is 0. The SMILES string of the molecule is CC(=O)O[Si](OC(C)=O)(c1ccccc1)c1ccccc1.CCO[Si](OCC)(c1ccccc1)c1ccccc1. The summed E-state index contributed by atoms with van der Waals surface area (Å²) in [6, 6.07) is 38.9. The van der Waals surface area contributed by atoms with E-state index in [0.29, 0.717) is 23.6 Å². The molecule has 6 nitrogen and oxygen atoms in total. The normalized spacial score (nSPS) is 11.1. The molecular weight excluding hydrogens is 537 g/mol. The monoisotopic (exact) mass is 572 g/mol. The van der Waals surface area contributed by atoms with Gasteiger partial charge < -0.3 is 17.7 Å². The van der Waals surface area contributed by atoms with Crippen molar-refractivity contribution < 1.29 is 27.3 Å². The van der Waals surface area contributed by atoms with Gasteiger partial charge in [-0.1, -0.05) is 121 Å². The summed E-state index contributed by atoms with van der Waals surface area (Å²) < 4.78 is 23.5. The van der Waals surface area contributed by atoms with Gasteiger partial charge in [-0.25, -0.2) is 0 Å². The summed E-state index contributed by atoms with van der Waals surface area (Å²) in [6.45, 7) is 7.97. The lowest BCUT2D eigenvalue weighted by molar-refractivity contribution is -0.138. The van der Waals surface area contributed by atoms with E-state index in [1.165, 1.54) is 13.8 Å².